The average Bonchev–Trinajstić information content (AvgIpc) is 3.05. The zero-order chi connectivity index (χ0) is 18.2. The molecule has 3 aliphatic rings. The van der Waals surface area contributed by atoms with Gasteiger partial charge in [0.05, 0.1) is 11.9 Å². The molecule has 144 valence electrons. The van der Waals surface area contributed by atoms with Crippen molar-refractivity contribution in [2.24, 2.45) is 5.41 Å². The van der Waals surface area contributed by atoms with Crippen LogP contribution in [0.3, 0.4) is 0 Å². The van der Waals surface area contributed by atoms with Crippen LogP contribution in [0.5, 0.6) is 0 Å². The number of rotatable bonds is 3. The molecule has 3 fully saturated rings. The van der Waals surface area contributed by atoms with Gasteiger partial charge < -0.3 is 15.5 Å². The number of nitrogens with one attached hydrogen (secondary N) is 2. The highest BCUT2D eigenvalue weighted by Crippen LogP contribution is 2.40. The monoisotopic (exact) mass is 379 g/mol. The van der Waals surface area contributed by atoms with Gasteiger partial charge in [-0.3, -0.25) is 0 Å². The van der Waals surface area contributed by atoms with Crippen LogP contribution in [0.15, 0.2) is 11.1 Å². The van der Waals surface area contributed by atoms with Crippen molar-refractivity contribution in [1.82, 2.24) is 20.6 Å². The van der Waals surface area contributed by atoms with Gasteiger partial charge in [-0.2, -0.15) is 0 Å². The van der Waals surface area contributed by atoms with Crippen molar-refractivity contribution in [3.05, 3.63) is 11.9 Å². The molecule has 1 spiro atoms. The van der Waals surface area contributed by atoms with E-state index in [1.807, 2.05) is 0 Å². The summed E-state index contributed by atoms with van der Waals surface area (Å²) in [5.74, 6) is 0.846. The fourth-order valence-electron chi connectivity index (χ4n) is 4.66. The van der Waals surface area contributed by atoms with E-state index in [4.69, 9.17) is 4.98 Å². The molecule has 7 nitrogen and oxygen atoms in total. The molecule has 0 saturated carbocycles. The summed E-state index contributed by atoms with van der Waals surface area (Å²) in [6, 6.07) is 0. The first-order valence-electron chi connectivity index (χ1n) is 9.70. The van der Waals surface area contributed by atoms with Crippen LogP contribution < -0.4 is 15.5 Å². The van der Waals surface area contributed by atoms with E-state index in [-0.39, 0.29) is 5.92 Å². The molecule has 0 aliphatic carbocycles. The molecule has 3 aliphatic heterocycles. The molecular formula is C18H29N5O2S. The van der Waals surface area contributed by atoms with Gasteiger partial charge >= 0.3 is 0 Å². The summed E-state index contributed by atoms with van der Waals surface area (Å²) in [6.07, 6.45) is 8.38. The first-order chi connectivity index (χ1) is 12.5. The van der Waals surface area contributed by atoms with Crippen molar-refractivity contribution >= 4 is 15.8 Å². The highest BCUT2D eigenvalue weighted by atomic mass is 32.2. The van der Waals surface area contributed by atoms with Crippen LogP contribution in [-0.2, 0) is 9.84 Å². The second kappa shape index (κ2) is 7.05. The lowest BCUT2D eigenvalue weighted by molar-refractivity contribution is 0.232. The first-order valence-corrected chi connectivity index (χ1v) is 11.6. The lowest BCUT2D eigenvalue weighted by Gasteiger charge is -2.33. The molecule has 0 aromatic carbocycles. The third-order valence-corrected chi connectivity index (χ3v) is 7.35. The molecule has 4 heterocycles. The van der Waals surface area contributed by atoms with Gasteiger partial charge in [0.2, 0.25) is 5.95 Å². The second-order valence-corrected chi connectivity index (χ2v) is 10.1. The Labute approximate surface area is 155 Å². The van der Waals surface area contributed by atoms with Crippen LogP contribution in [0.25, 0.3) is 0 Å². The number of aromatic nitrogens is 2. The zero-order valence-electron chi connectivity index (χ0n) is 15.5. The van der Waals surface area contributed by atoms with Gasteiger partial charge in [-0.05, 0) is 57.2 Å². The molecule has 4 rings (SSSR count). The molecule has 3 saturated heterocycles. The molecule has 1 atom stereocenters. The highest BCUT2D eigenvalue weighted by molar-refractivity contribution is 7.90. The summed E-state index contributed by atoms with van der Waals surface area (Å²) in [5, 5.41) is 6.82. The van der Waals surface area contributed by atoms with Crippen molar-refractivity contribution in [2.75, 3.05) is 50.4 Å². The predicted octanol–water partition coefficient (Wildman–Crippen LogP) is 0.927. The van der Waals surface area contributed by atoms with Crippen LogP contribution >= 0.6 is 0 Å². The number of hydrogen-bond acceptors (Lipinski definition) is 7. The van der Waals surface area contributed by atoms with Crippen LogP contribution in [0.2, 0.25) is 0 Å². The largest absolute Gasteiger partial charge is 0.340 e. The van der Waals surface area contributed by atoms with Crippen LogP contribution in [0.4, 0.5) is 5.95 Å². The van der Waals surface area contributed by atoms with E-state index in [2.05, 4.69) is 20.5 Å². The lowest BCUT2D eigenvalue weighted by atomic mass is 9.78. The summed E-state index contributed by atoms with van der Waals surface area (Å²) in [4.78, 5) is 11.8. The van der Waals surface area contributed by atoms with E-state index in [1.165, 1.54) is 31.7 Å². The van der Waals surface area contributed by atoms with Gasteiger partial charge in [-0.15, -0.1) is 0 Å². The van der Waals surface area contributed by atoms with E-state index in [9.17, 15) is 8.42 Å². The van der Waals surface area contributed by atoms with Crippen molar-refractivity contribution in [3.8, 4) is 0 Å². The van der Waals surface area contributed by atoms with Gasteiger partial charge in [0.1, 0.15) is 4.90 Å². The quantitative estimate of drug-likeness (QED) is 0.808. The van der Waals surface area contributed by atoms with E-state index < -0.39 is 9.84 Å². The van der Waals surface area contributed by atoms with Crippen LogP contribution in [-0.4, -0.2) is 63.9 Å². The molecule has 8 heteroatoms. The van der Waals surface area contributed by atoms with E-state index in [1.54, 1.807) is 0 Å². The minimum atomic E-state index is -3.33. The summed E-state index contributed by atoms with van der Waals surface area (Å²) in [6.45, 7) is 5.89. The first kappa shape index (κ1) is 18.1. The Bertz CT molecular complexity index is 755. The summed E-state index contributed by atoms with van der Waals surface area (Å²) < 4.78 is 24.5. The maximum Gasteiger partial charge on any atom is 0.225 e. The summed E-state index contributed by atoms with van der Waals surface area (Å²) in [7, 11) is -3.33. The lowest BCUT2D eigenvalue weighted by Crippen LogP contribution is -2.39. The van der Waals surface area contributed by atoms with Crippen molar-refractivity contribution in [2.45, 2.75) is 42.9 Å². The number of sulfone groups is 1. The number of hydrogen-bond donors (Lipinski definition) is 2. The molecule has 0 amide bonds. The topological polar surface area (TPSA) is 87.2 Å². The maximum absolute atomic E-state index is 12.3. The number of anilines is 1. The minimum Gasteiger partial charge on any atom is -0.340 e. The molecule has 2 N–H and O–H groups in total. The standard InChI is InChI=1S/C18H29N5O2S/c1-26(24,25)15-12-21-17(22-16(15)14-3-2-7-20-11-14)23-10-6-18(13-23)4-8-19-9-5-18/h12,14,19-20H,2-11,13H2,1H3/t14-/m1/s1. The number of piperidine rings is 2. The van der Waals surface area contributed by atoms with Crippen molar-refractivity contribution in [3.63, 3.8) is 0 Å². The van der Waals surface area contributed by atoms with Gasteiger partial charge in [0, 0.05) is 31.8 Å². The Morgan fingerprint density at radius 1 is 1.19 bits per heavy atom. The molecule has 0 radical (unpaired) electrons. The molecule has 0 unspecified atom stereocenters. The van der Waals surface area contributed by atoms with Gasteiger partial charge in [0.25, 0.3) is 0 Å². The Hall–Kier alpha value is -1.25. The maximum atomic E-state index is 12.3. The predicted molar refractivity (Wildman–Crippen MR) is 101 cm³/mol. The fourth-order valence-corrected chi connectivity index (χ4v) is 5.50. The number of nitrogens with zero attached hydrogens (tertiary/aromatic N) is 3. The Morgan fingerprint density at radius 3 is 2.69 bits per heavy atom. The molecule has 1 aromatic rings. The van der Waals surface area contributed by atoms with Crippen LogP contribution in [0, 0.1) is 5.41 Å². The Balaban J connectivity index is 1.63. The third kappa shape index (κ3) is 3.59. The van der Waals surface area contributed by atoms with E-state index in [0.717, 1.165) is 52.1 Å². The second-order valence-electron chi connectivity index (χ2n) is 8.16. The molecular weight excluding hydrogens is 350 g/mol. The smallest absolute Gasteiger partial charge is 0.225 e. The fraction of sp³-hybridized carbons (Fsp3) is 0.778. The van der Waals surface area contributed by atoms with Crippen LogP contribution in [0.1, 0.15) is 43.7 Å². The Morgan fingerprint density at radius 2 is 2.00 bits per heavy atom. The highest BCUT2D eigenvalue weighted by Gasteiger charge is 2.40. The van der Waals surface area contributed by atoms with E-state index in [0.29, 0.717) is 22.0 Å². The molecule has 26 heavy (non-hydrogen) atoms. The van der Waals surface area contributed by atoms with Crippen molar-refractivity contribution < 1.29 is 8.42 Å². The SMILES string of the molecule is CS(=O)(=O)c1cnc(N2CCC3(CCNCC3)C2)nc1[C@@H]1CCCNC1. The zero-order valence-corrected chi connectivity index (χ0v) is 16.3. The average molecular weight is 380 g/mol. The molecule has 0 bridgehead atoms. The summed E-state index contributed by atoms with van der Waals surface area (Å²) in [5.41, 5.74) is 1.08. The van der Waals surface area contributed by atoms with Gasteiger partial charge in [-0.1, -0.05) is 0 Å². The van der Waals surface area contributed by atoms with Gasteiger partial charge in [-0.25, -0.2) is 18.4 Å². The molecule has 1 aromatic heterocycles. The third-order valence-electron chi connectivity index (χ3n) is 6.24. The Kier molecular flexibility index (Phi) is 4.92. The minimum absolute atomic E-state index is 0.144. The normalized spacial score (nSPS) is 26.3. The summed E-state index contributed by atoms with van der Waals surface area (Å²) >= 11 is 0. The van der Waals surface area contributed by atoms with Gasteiger partial charge in [0.15, 0.2) is 9.84 Å². The van der Waals surface area contributed by atoms with E-state index >= 15 is 0 Å². The van der Waals surface area contributed by atoms with Crippen molar-refractivity contribution in [1.29, 1.82) is 0 Å².